The predicted molar refractivity (Wildman–Crippen MR) is 72.2 cm³/mol. The van der Waals surface area contributed by atoms with Crippen molar-refractivity contribution in [3.05, 3.63) is 0 Å². The van der Waals surface area contributed by atoms with E-state index >= 15 is 0 Å². The zero-order valence-corrected chi connectivity index (χ0v) is 12.4. The molecule has 0 unspecified atom stereocenters. The number of nitrogens with zero attached hydrogens (tertiary/aromatic N) is 1. The molecule has 6 heteroatoms. The van der Waals surface area contributed by atoms with E-state index in [1.807, 2.05) is 0 Å². The van der Waals surface area contributed by atoms with Crippen LogP contribution in [0.5, 0.6) is 0 Å². The van der Waals surface area contributed by atoms with Crippen molar-refractivity contribution in [2.75, 3.05) is 33.4 Å². The summed E-state index contributed by atoms with van der Waals surface area (Å²) < 4.78 is 36.6. The quantitative estimate of drug-likeness (QED) is 0.801. The number of alkyl halides is 2. The lowest BCUT2D eigenvalue weighted by molar-refractivity contribution is -0.161. The van der Waals surface area contributed by atoms with Gasteiger partial charge in [-0.05, 0) is 24.7 Å². The summed E-state index contributed by atoms with van der Waals surface area (Å²) in [6, 6.07) is 0. The van der Waals surface area contributed by atoms with Crippen LogP contribution in [0.3, 0.4) is 0 Å². The molecule has 0 aromatic carbocycles. The van der Waals surface area contributed by atoms with Crippen LogP contribution < -0.4 is 0 Å². The SMILES string of the molecule is COC[C@H]1CC2(CCN(C(=O)C3CC(F)(F)C3)CC2)CO1. The molecule has 2 heterocycles. The Morgan fingerprint density at radius 2 is 1.95 bits per heavy atom. The molecular formula is C15H23F2NO3. The molecule has 0 radical (unpaired) electrons. The number of rotatable bonds is 3. The normalized spacial score (nSPS) is 31.4. The number of hydrogen-bond acceptors (Lipinski definition) is 3. The van der Waals surface area contributed by atoms with Crippen molar-refractivity contribution in [1.82, 2.24) is 4.90 Å². The van der Waals surface area contributed by atoms with Crippen LogP contribution in [0.25, 0.3) is 0 Å². The van der Waals surface area contributed by atoms with Crippen LogP contribution >= 0.6 is 0 Å². The average Bonchev–Trinajstić information content (AvgIpc) is 2.80. The summed E-state index contributed by atoms with van der Waals surface area (Å²) in [4.78, 5) is 14.0. The molecular weight excluding hydrogens is 280 g/mol. The second kappa shape index (κ2) is 5.47. The number of amides is 1. The van der Waals surface area contributed by atoms with Crippen LogP contribution in [0, 0.1) is 11.3 Å². The summed E-state index contributed by atoms with van der Waals surface area (Å²) in [6.07, 6.45) is 2.40. The highest BCUT2D eigenvalue weighted by atomic mass is 19.3. The van der Waals surface area contributed by atoms with Gasteiger partial charge < -0.3 is 14.4 Å². The van der Waals surface area contributed by atoms with Crippen LogP contribution in [0.4, 0.5) is 8.78 Å². The van der Waals surface area contributed by atoms with Gasteiger partial charge in [0.1, 0.15) is 0 Å². The maximum atomic E-state index is 12.9. The predicted octanol–water partition coefficient (Wildman–Crippen LogP) is 2.08. The van der Waals surface area contributed by atoms with Gasteiger partial charge in [0.15, 0.2) is 0 Å². The van der Waals surface area contributed by atoms with Crippen LogP contribution in [-0.4, -0.2) is 56.2 Å². The first-order chi connectivity index (χ1) is 9.93. The van der Waals surface area contributed by atoms with Crippen molar-refractivity contribution in [2.45, 2.75) is 44.1 Å². The summed E-state index contributed by atoms with van der Waals surface area (Å²) in [7, 11) is 1.67. The van der Waals surface area contributed by atoms with Gasteiger partial charge in [-0.15, -0.1) is 0 Å². The molecule has 4 nitrogen and oxygen atoms in total. The monoisotopic (exact) mass is 303 g/mol. The zero-order valence-electron chi connectivity index (χ0n) is 12.4. The first-order valence-corrected chi connectivity index (χ1v) is 7.70. The summed E-state index contributed by atoms with van der Waals surface area (Å²) in [6.45, 7) is 2.68. The third-order valence-electron chi connectivity index (χ3n) is 5.21. The molecule has 0 bridgehead atoms. The number of carbonyl (C=O) groups is 1. The van der Waals surface area contributed by atoms with Gasteiger partial charge in [0.25, 0.3) is 0 Å². The van der Waals surface area contributed by atoms with E-state index < -0.39 is 11.8 Å². The molecule has 0 aromatic rings. The van der Waals surface area contributed by atoms with Gasteiger partial charge in [-0.3, -0.25) is 4.79 Å². The van der Waals surface area contributed by atoms with Crippen molar-refractivity contribution in [3.8, 4) is 0 Å². The van der Waals surface area contributed by atoms with Gasteiger partial charge in [-0.25, -0.2) is 8.78 Å². The van der Waals surface area contributed by atoms with Crippen molar-refractivity contribution < 1.29 is 23.0 Å². The molecule has 0 N–H and O–H groups in total. The number of methoxy groups -OCH3 is 1. The molecule has 3 fully saturated rings. The number of likely N-dealkylation sites (tertiary alicyclic amines) is 1. The van der Waals surface area contributed by atoms with Crippen LogP contribution in [0.1, 0.15) is 32.1 Å². The van der Waals surface area contributed by atoms with Gasteiger partial charge in [-0.2, -0.15) is 0 Å². The summed E-state index contributed by atoms with van der Waals surface area (Å²) in [5, 5.41) is 0. The molecule has 1 saturated carbocycles. The minimum absolute atomic E-state index is 0.0804. The molecule has 1 aliphatic carbocycles. The van der Waals surface area contributed by atoms with Gasteiger partial charge in [0, 0.05) is 39.0 Å². The Morgan fingerprint density at radius 3 is 2.52 bits per heavy atom. The largest absolute Gasteiger partial charge is 0.382 e. The van der Waals surface area contributed by atoms with Crippen LogP contribution in [0.15, 0.2) is 0 Å². The van der Waals surface area contributed by atoms with E-state index in [1.54, 1.807) is 12.0 Å². The Labute approximate surface area is 123 Å². The van der Waals surface area contributed by atoms with Crippen molar-refractivity contribution in [1.29, 1.82) is 0 Å². The number of ether oxygens (including phenoxy) is 2. The first-order valence-electron chi connectivity index (χ1n) is 7.70. The van der Waals surface area contributed by atoms with Gasteiger partial charge >= 0.3 is 0 Å². The molecule has 120 valence electrons. The van der Waals surface area contributed by atoms with E-state index in [9.17, 15) is 13.6 Å². The lowest BCUT2D eigenvalue weighted by Gasteiger charge is -2.42. The molecule has 0 aromatic heterocycles. The minimum Gasteiger partial charge on any atom is -0.382 e. The average molecular weight is 303 g/mol. The Bertz CT molecular complexity index is 400. The Morgan fingerprint density at radius 1 is 1.29 bits per heavy atom. The molecule has 1 atom stereocenters. The number of hydrogen-bond donors (Lipinski definition) is 0. The first kappa shape index (κ1) is 15.2. The second-order valence-electron chi connectivity index (χ2n) is 6.88. The molecule has 1 spiro atoms. The highest BCUT2D eigenvalue weighted by molar-refractivity contribution is 5.80. The number of carbonyl (C=O) groups excluding carboxylic acids is 1. The van der Waals surface area contributed by atoms with E-state index in [1.165, 1.54) is 0 Å². The highest BCUT2D eigenvalue weighted by Crippen LogP contribution is 2.45. The van der Waals surface area contributed by atoms with Crippen molar-refractivity contribution in [2.24, 2.45) is 11.3 Å². The second-order valence-corrected chi connectivity index (χ2v) is 6.88. The van der Waals surface area contributed by atoms with Crippen molar-refractivity contribution in [3.63, 3.8) is 0 Å². The fraction of sp³-hybridized carbons (Fsp3) is 0.933. The molecule has 3 rings (SSSR count). The van der Waals surface area contributed by atoms with E-state index in [2.05, 4.69) is 0 Å². The van der Waals surface area contributed by atoms with Gasteiger partial charge in [0.2, 0.25) is 11.8 Å². The molecule has 3 aliphatic rings. The molecule has 2 saturated heterocycles. The van der Waals surface area contributed by atoms with E-state index in [-0.39, 0.29) is 30.3 Å². The standard InChI is InChI=1S/C15H23F2NO3/c1-20-9-12-8-14(10-21-12)2-4-18(5-3-14)13(19)11-6-15(16,17)7-11/h11-12H,2-10H2,1H3/t12-/m1/s1. The van der Waals surface area contributed by atoms with Crippen LogP contribution in [0.2, 0.25) is 0 Å². The third-order valence-corrected chi connectivity index (χ3v) is 5.21. The summed E-state index contributed by atoms with van der Waals surface area (Å²) in [5.41, 5.74) is 0.156. The fourth-order valence-corrected chi connectivity index (χ4v) is 3.83. The smallest absolute Gasteiger partial charge is 0.249 e. The topological polar surface area (TPSA) is 38.8 Å². The maximum Gasteiger partial charge on any atom is 0.249 e. The van der Waals surface area contributed by atoms with Gasteiger partial charge in [0.05, 0.1) is 19.3 Å². The van der Waals surface area contributed by atoms with E-state index in [4.69, 9.17) is 9.47 Å². The fourth-order valence-electron chi connectivity index (χ4n) is 3.83. The lowest BCUT2D eigenvalue weighted by atomic mass is 9.75. The Balaban J connectivity index is 1.48. The number of halogens is 2. The van der Waals surface area contributed by atoms with Gasteiger partial charge in [-0.1, -0.05) is 0 Å². The van der Waals surface area contributed by atoms with E-state index in [0.29, 0.717) is 19.7 Å². The Hall–Kier alpha value is -0.750. The summed E-state index contributed by atoms with van der Waals surface area (Å²) >= 11 is 0. The van der Waals surface area contributed by atoms with Crippen LogP contribution in [-0.2, 0) is 14.3 Å². The lowest BCUT2D eigenvalue weighted by Crippen LogP contribution is -2.50. The molecule has 2 aliphatic heterocycles. The molecule has 21 heavy (non-hydrogen) atoms. The highest BCUT2D eigenvalue weighted by Gasteiger charge is 2.51. The number of piperidine rings is 1. The maximum absolute atomic E-state index is 12.9. The molecule has 1 amide bonds. The van der Waals surface area contributed by atoms with E-state index in [0.717, 1.165) is 25.9 Å². The minimum atomic E-state index is -2.62. The van der Waals surface area contributed by atoms with Crippen molar-refractivity contribution >= 4 is 5.91 Å². The zero-order chi connectivity index (χ0) is 15.1. The Kier molecular flexibility index (Phi) is 3.94. The third kappa shape index (κ3) is 3.06. The summed E-state index contributed by atoms with van der Waals surface area (Å²) in [5.74, 6) is -3.16.